The zero-order valence-electron chi connectivity index (χ0n) is 14.0. The Morgan fingerprint density at radius 2 is 1.68 bits per heavy atom. The van der Waals surface area contributed by atoms with Gasteiger partial charge in [-0.15, -0.1) is 0 Å². The molecule has 0 amide bonds. The van der Waals surface area contributed by atoms with E-state index in [9.17, 15) is 5.26 Å². The molecule has 3 atom stereocenters. The zero-order valence-corrected chi connectivity index (χ0v) is 14.0. The van der Waals surface area contributed by atoms with E-state index in [4.69, 9.17) is 5.26 Å². The first kappa shape index (κ1) is 16.8. The molecule has 0 N–H and O–H groups in total. The molecular weight excluding hydrogens is 272 g/mol. The minimum atomic E-state index is -0.205. The summed E-state index contributed by atoms with van der Waals surface area (Å²) in [6.45, 7) is 6.40. The summed E-state index contributed by atoms with van der Waals surface area (Å²) < 4.78 is 0. The van der Waals surface area contributed by atoms with Crippen LogP contribution in [0.15, 0.2) is 4.99 Å². The number of hydrogen-bond donors (Lipinski definition) is 0. The van der Waals surface area contributed by atoms with Gasteiger partial charge in [0.25, 0.3) is 0 Å². The Bertz CT molecular complexity index is 452. The van der Waals surface area contributed by atoms with Crippen molar-refractivity contribution >= 4 is 5.84 Å². The van der Waals surface area contributed by atoms with Gasteiger partial charge in [-0.2, -0.15) is 15.5 Å². The van der Waals surface area contributed by atoms with Crippen molar-refractivity contribution in [3.8, 4) is 12.3 Å². The van der Waals surface area contributed by atoms with Gasteiger partial charge in [0, 0.05) is 13.1 Å². The van der Waals surface area contributed by atoms with Gasteiger partial charge in [-0.25, -0.2) is 0 Å². The number of amidine groups is 1. The van der Waals surface area contributed by atoms with Crippen LogP contribution < -0.4 is 0 Å². The molecular formula is C18H28N4. The highest BCUT2D eigenvalue weighted by Crippen LogP contribution is 2.44. The highest BCUT2D eigenvalue weighted by atomic mass is 15.2. The van der Waals surface area contributed by atoms with Gasteiger partial charge in [-0.05, 0) is 49.9 Å². The summed E-state index contributed by atoms with van der Waals surface area (Å²) in [5.41, 5.74) is 0. The van der Waals surface area contributed by atoms with Crippen LogP contribution in [0.5, 0.6) is 0 Å². The molecule has 0 bridgehead atoms. The van der Waals surface area contributed by atoms with Gasteiger partial charge in [0.1, 0.15) is 11.8 Å². The second kappa shape index (κ2) is 8.18. The van der Waals surface area contributed by atoms with E-state index < -0.39 is 0 Å². The fourth-order valence-corrected chi connectivity index (χ4v) is 4.42. The van der Waals surface area contributed by atoms with Crippen molar-refractivity contribution in [3.05, 3.63) is 0 Å². The molecule has 120 valence electrons. The number of nitriles is 2. The van der Waals surface area contributed by atoms with E-state index in [2.05, 4.69) is 29.8 Å². The predicted octanol–water partition coefficient (Wildman–Crippen LogP) is 3.95. The third-order valence-electron chi connectivity index (χ3n) is 5.66. The van der Waals surface area contributed by atoms with Crippen molar-refractivity contribution in [1.82, 2.24) is 4.90 Å². The van der Waals surface area contributed by atoms with Gasteiger partial charge in [-0.3, -0.25) is 0 Å². The van der Waals surface area contributed by atoms with Crippen LogP contribution in [0.3, 0.4) is 0 Å². The van der Waals surface area contributed by atoms with Crippen LogP contribution >= 0.6 is 0 Å². The highest BCUT2D eigenvalue weighted by Gasteiger charge is 2.39. The lowest BCUT2D eigenvalue weighted by atomic mass is 9.88. The Morgan fingerprint density at radius 3 is 2.14 bits per heavy atom. The van der Waals surface area contributed by atoms with Gasteiger partial charge in [-0.1, -0.05) is 26.7 Å². The van der Waals surface area contributed by atoms with Crippen molar-refractivity contribution in [1.29, 1.82) is 10.5 Å². The van der Waals surface area contributed by atoms with Crippen LogP contribution in [0.2, 0.25) is 0 Å². The molecule has 1 aliphatic carbocycles. The first-order chi connectivity index (χ1) is 10.7. The normalized spacial score (nSPS) is 30.6. The molecule has 4 nitrogen and oxygen atoms in total. The monoisotopic (exact) mass is 300 g/mol. The lowest BCUT2D eigenvalue weighted by molar-refractivity contribution is 0.317. The molecule has 0 spiro atoms. The van der Waals surface area contributed by atoms with Crippen molar-refractivity contribution in [2.75, 3.05) is 13.1 Å². The average Bonchev–Trinajstić information content (AvgIpc) is 2.98. The van der Waals surface area contributed by atoms with Crippen molar-refractivity contribution in [3.63, 3.8) is 0 Å². The second-order valence-electron chi connectivity index (χ2n) is 6.79. The van der Waals surface area contributed by atoms with Gasteiger partial charge in [0.2, 0.25) is 6.19 Å². The minimum Gasteiger partial charge on any atom is -0.358 e. The zero-order chi connectivity index (χ0) is 15.9. The van der Waals surface area contributed by atoms with Crippen molar-refractivity contribution in [2.24, 2.45) is 28.7 Å². The summed E-state index contributed by atoms with van der Waals surface area (Å²) in [6.07, 6.45) is 10.1. The van der Waals surface area contributed by atoms with Crippen LogP contribution in [-0.2, 0) is 0 Å². The predicted molar refractivity (Wildman–Crippen MR) is 87.9 cm³/mol. The maximum absolute atomic E-state index is 9.77. The molecule has 2 aliphatic rings. The third kappa shape index (κ3) is 3.61. The van der Waals surface area contributed by atoms with E-state index in [0.29, 0.717) is 5.92 Å². The molecule has 22 heavy (non-hydrogen) atoms. The van der Waals surface area contributed by atoms with Crippen LogP contribution in [0, 0.1) is 46.5 Å². The van der Waals surface area contributed by atoms with E-state index >= 15 is 0 Å². The third-order valence-corrected chi connectivity index (χ3v) is 5.66. The number of rotatable bonds is 4. The summed E-state index contributed by atoms with van der Waals surface area (Å²) in [7, 11) is 0. The largest absolute Gasteiger partial charge is 0.358 e. The maximum atomic E-state index is 9.77. The van der Waals surface area contributed by atoms with Gasteiger partial charge < -0.3 is 4.90 Å². The average molecular weight is 300 g/mol. The van der Waals surface area contributed by atoms with Crippen LogP contribution in [-0.4, -0.2) is 23.8 Å². The summed E-state index contributed by atoms with van der Waals surface area (Å²) in [4.78, 5) is 6.29. The van der Waals surface area contributed by atoms with E-state index in [0.717, 1.165) is 56.4 Å². The van der Waals surface area contributed by atoms with E-state index in [-0.39, 0.29) is 5.92 Å². The number of nitrogens with zero attached hydrogens (tertiary/aromatic N) is 4. The quantitative estimate of drug-likeness (QED) is 0.448. The maximum Gasteiger partial charge on any atom is 0.207 e. The highest BCUT2D eigenvalue weighted by molar-refractivity contribution is 5.88. The molecule has 1 saturated heterocycles. The van der Waals surface area contributed by atoms with Gasteiger partial charge in [0.05, 0.1) is 6.07 Å². The fraction of sp³-hybridized carbons (Fsp3) is 0.833. The Morgan fingerprint density at radius 1 is 1.09 bits per heavy atom. The molecule has 0 aromatic heterocycles. The molecule has 4 heteroatoms. The van der Waals surface area contributed by atoms with E-state index in [1.165, 1.54) is 19.3 Å². The van der Waals surface area contributed by atoms with Crippen molar-refractivity contribution in [2.45, 2.75) is 58.8 Å². The topological polar surface area (TPSA) is 63.2 Å². The Balaban J connectivity index is 2.16. The molecule has 0 aromatic carbocycles. The van der Waals surface area contributed by atoms with Crippen LogP contribution in [0.4, 0.5) is 0 Å². The van der Waals surface area contributed by atoms with Crippen molar-refractivity contribution < 1.29 is 0 Å². The Hall–Kier alpha value is -1.55. The van der Waals surface area contributed by atoms with E-state index in [1.54, 1.807) is 0 Å². The summed E-state index contributed by atoms with van der Waals surface area (Å²) in [5, 5.41) is 18.8. The molecule has 2 fully saturated rings. The SMILES string of the molecule is CCC1CC(C(C#N)C(=NC#N)N2CCCCC2)CC1CC. The molecule has 1 heterocycles. The lowest BCUT2D eigenvalue weighted by Crippen LogP contribution is -2.41. The number of likely N-dealkylation sites (tertiary alicyclic amines) is 1. The molecule has 1 aliphatic heterocycles. The van der Waals surface area contributed by atoms with Gasteiger partial charge >= 0.3 is 0 Å². The summed E-state index contributed by atoms with van der Waals surface area (Å²) >= 11 is 0. The smallest absolute Gasteiger partial charge is 0.207 e. The Kier molecular flexibility index (Phi) is 6.25. The molecule has 3 unspecified atom stereocenters. The standard InChI is InChI=1S/C18H28N4/c1-3-14-10-16(11-15(14)4-2)17(12-19)18(21-13-20)22-8-6-5-7-9-22/h14-17H,3-11H2,1-2H3. The van der Waals surface area contributed by atoms with E-state index in [1.807, 2.05) is 6.19 Å². The molecule has 0 aromatic rings. The van der Waals surface area contributed by atoms with Crippen LogP contribution in [0.25, 0.3) is 0 Å². The number of piperidine rings is 1. The minimum absolute atomic E-state index is 0.205. The lowest BCUT2D eigenvalue weighted by Gasteiger charge is -2.32. The first-order valence-corrected chi connectivity index (χ1v) is 8.86. The number of hydrogen-bond acceptors (Lipinski definition) is 3. The fourth-order valence-electron chi connectivity index (χ4n) is 4.42. The molecule has 1 saturated carbocycles. The van der Waals surface area contributed by atoms with Crippen LogP contribution in [0.1, 0.15) is 58.8 Å². The van der Waals surface area contributed by atoms with Gasteiger partial charge in [0.15, 0.2) is 0 Å². The summed E-state index contributed by atoms with van der Waals surface area (Å²) in [6, 6.07) is 2.49. The molecule has 2 rings (SSSR count). The first-order valence-electron chi connectivity index (χ1n) is 8.86. The number of aliphatic imine (C=N–C) groups is 1. The second-order valence-corrected chi connectivity index (χ2v) is 6.79. The summed E-state index contributed by atoms with van der Waals surface area (Å²) in [5.74, 6) is 2.38. The molecule has 0 radical (unpaired) electrons. The Labute approximate surface area is 134 Å².